The predicted octanol–water partition coefficient (Wildman–Crippen LogP) is 5.70. The minimum atomic E-state index is -4.45. The molecular formula is C22H24F3N5. The van der Waals surface area contributed by atoms with E-state index < -0.39 is 17.8 Å². The molecule has 5 nitrogen and oxygen atoms in total. The van der Waals surface area contributed by atoms with Crippen LogP contribution in [-0.2, 0) is 13.2 Å². The van der Waals surface area contributed by atoms with Crippen LogP contribution in [0.3, 0.4) is 0 Å². The smallest absolute Gasteiger partial charge is 0.399 e. The maximum atomic E-state index is 13.2. The number of anilines is 2. The Morgan fingerprint density at radius 1 is 1.13 bits per heavy atom. The maximum absolute atomic E-state index is 13.2. The summed E-state index contributed by atoms with van der Waals surface area (Å²) < 4.78 is 41.5. The molecule has 8 heteroatoms. The van der Waals surface area contributed by atoms with Crippen molar-refractivity contribution in [3.05, 3.63) is 53.5 Å². The number of aryl methyl sites for hydroxylation is 1. The first-order valence-electron chi connectivity index (χ1n) is 9.98. The van der Waals surface area contributed by atoms with Crippen LogP contribution in [0.15, 0.2) is 36.7 Å². The summed E-state index contributed by atoms with van der Waals surface area (Å²) >= 11 is 0. The van der Waals surface area contributed by atoms with Crippen LogP contribution in [0, 0.1) is 0 Å². The molecule has 2 aromatic heterocycles. The minimum absolute atomic E-state index is 0.0764. The maximum Gasteiger partial charge on any atom is 0.416 e. The molecule has 1 aliphatic carbocycles. The molecule has 0 unspecified atom stereocenters. The zero-order valence-corrected chi connectivity index (χ0v) is 16.9. The fourth-order valence-corrected chi connectivity index (χ4v) is 4.01. The number of hydrogen-bond donors (Lipinski definition) is 2. The third-order valence-electron chi connectivity index (χ3n) is 5.60. The number of aromatic nitrogens is 3. The normalized spacial score (nSPS) is 15.8. The summed E-state index contributed by atoms with van der Waals surface area (Å²) in [5.74, 6) is 0.585. The van der Waals surface area contributed by atoms with Crippen molar-refractivity contribution >= 4 is 28.1 Å². The molecule has 1 aliphatic rings. The zero-order valence-electron chi connectivity index (χ0n) is 16.9. The van der Waals surface area contributed by atoms with Crippen LogP contribution in [0.5, 0.6) is 0 Å². The van der Waals surface area contributed by atoms with Crippen LogP contribution in [0.1, 0.15) is 55.5 Å². The first kappa shape index (κ1) is 20.3. The first-order valence-corrected chi connectivity index (χ1v) is 9.98. The lowest BCUT2D eigenvalue weighted by molar-refractivity contribution is -0.137. The van der Waals surface area contributed by atoms with Crippen molar-refractivity contribution in [2.75, 3.05) is 11.1 Å². The Kier molecular flexibility index (Phi) is 5.17. The van der Waals surface area contributed by atoms with Gasteiger partial charge in [-0.3, -0.25) is 0 Å². The largest absolute Gasteiger partial charge is 0.416 e. The Morgan fingerprint density at radius 2 is 1.93 bits per heavy atom. The second-order valence-corrected chi connectivity index (χ2v) is 7.78. The first-order chi connectivity index (χ1) is 14.2. The summed E-state index contributed by atoms with van der Waals surface area (Å²) in [6.45, 7) is 1.79. The van der Waals surface area contributed by atoms with Crippen LogP contribution in [0.25, 0.3) is 16.6 Å². The highest BCUT2D eigenvalue weighted by Crippen LogP contribution is 2.35. The Morgan fingerprint density at radius 3 is 2.63 bits per heavy atom. The number of nitrogen functional groups attached to an aromatic ring is 1. The summed E-state index contributed by atoms with van der Waals surface area (Å²) in [4.78, 5) is 8.77. The van der Waals surface area contributed by atoms with Crippen molar-refractivity contribution < 1.29 is 13.2 Å². The molecule has 2 heterocycles. The van der Waals surface area contributed by atoms with Gasteiger partial charge < -0.3 is 15.6 Å². The molecule has 0 saturated heterocycles. The van der Waals surface area contributed by atoms with Crippen molar-refractivity contribution in [2.24, 2.45) is 7.05 Å². The summed E-state index contributed by atoms with van der Waals surface area (Å²) in [6, 6.07) is 5.25. The van der Waals surface area contributed by atoms with Gasteiger partial charge in [0.05, 0.1) is 17.0 Å². The third kappa shape index (κ3) is 3.86. The Balaban J connectivity index is 1.69. The van der Waals surface area contributed by atoms with E-state index in [-0.39, 0.29) is 5.69 Å². The zero-order chi connectivity index (χ0) is 21.5. The van der Waals surface area contributed by atoms with E-state index in [0.717, 1.165) is 48.1 Å². The van der Waals surface area contributed by atoms with Crippen LogP contribution in [-0.4, -0.2) is 14.5 Å². The summed E-state index contributed by atoms with van der Waals surface area (Å²) in [6.07, 6.45) is 3.76. The van der Waals surface area contributed by atoms with Crippen LogP contribution >= 0.6 is 0 Å². The molecule has 0 fully saturated rings. The lowest BCUT2D eigenvalue weighted by Crippen LogP contribution is -2.12. The Hall–Kier alpha value is -3.03. The molecule has 3 aromatic rings. The second-order valence-electron chi connectivity index (χ2n) is 7.78. The van der Waals surface area contributed by atoms with E-state index in [1.807, 2.05) is 11.6 Å². The molecule has 4 rings (SSSR count). The van der Waals surface area contributed by atoms with Crippen molar-refractivity contribution in [3.63, 3.8) is 0 Å². The van der Waals surface area contributed by atoms with Gasteiger partial charge >= 0.3 is 6.18 Å². The number of benzene rings is 1. The molecule has 1 aromatic carbocycles. The van der Waals surface area contributed by atoms with Crippen LogP contribution in [0.2, 0.25) is 0 Å². The van der Waals surface area contributed by atoms with Crippen molar-refractivity contribution in [1.82, 2.24) is 14.5 Å². The van der Waals surface area contributed by atoms with E-state index in [9.17, 15) is 13.2 Å². The summed E-state index contributed by atoms with van der Waals surface area (Å²) in [7, 11) is 1.97. The topological polar surface area (TPSA) is 68.8 Å². The van der Waals surface area contributed by atoms with E-state index in [4.69, 9.17) is 5.73 Å². The number of allylic oxidation sites excluding steroid dienone is 2. The molecule has 158 valence electrons. The monoisotopic (exact) mass is 415 g/mol. The molecule has 3 N–H and O–H groups in total. The van der Waals surface area contributed by atoms with Gasteiger partial charge in [0, 0.05) is 18.4 Å². The molecular weight excluding hydrogens is 391 g/mol. The summed E-state index contributed by atoms with van der Waals surface area (Å²) in [5, 5.41) is 4.08. The SMILES string of the molecule is C[C@@H](Nc1ncnc2c1cc(C1=CCCCC1)n2C)c1cc(N)cc(C(F)(F)F)c1. The van der Waals surface area contributed by atoms with E-state index in [2.05, 4.69) is 27.4 Å². The summed E-state index contributed by atoms with van der Waals surface area (Å²) in [5.41, 5.74) is 8.66. The molecule has 0 spiro atoms. The fourth-order valence-electron chi connectivity index (χ4n) is 4.01. The van der Waals surface area contributed by atoms with Crippen LogP contribution in [0.4, 0.5) is 24.7 Å². The number of halogens is 3. The molecule has 30 heavy (non-hydrogen) atoms. The van der Waals surface area contributed by atoms with Gasteiger partial charge in [-0.1, -0.05) is 6.08 Å². The van der Waals surface area contributed by atoms with E-state index >= 15 is 0 Å². The van der Waals surface area contributed by atoms with Gasteiger partial charge in [-0.05, 0) is 68.0 Å². The fraction of sp³-hybridized carbons (Fsp3) is 0.364. The molecule has 0 aliphatic heterocycles. The highest BCUT2D eigenvalue weighted by Gasteiger charge is 2.31. The highest BCUT2D eigenvalue weighted by molar-refractivity contribution is 5.91. The van der Waals surface area contributed by atoms with Crippen molar-refractivity contribution in [2.45, 2.75) is 44.8 Å². The number of fused-ring (bicyclic) bond motifs is 1. The number of nitrogens with one attached hydrogen (secondary N) is 1. The number of rotatable bonds is 4. The second kappa shape index (κ2) is 7.66. The van der Waals surface area contributed by atoms with Gasteiger partial charge in [-0.25, -0.2) is 9.97 Å². The number of nitrogens with zero attached hydrogens (tertiary/aromatic N) is 3. The number of alkyl halides is 3. The van der Waals surface area contributed by atoms with Gasteiger partial charge in [0.1, 0.15) is 17.8 Å². The highest BCUT2D eigenvalue weighted by atomic mass is 19.4. The van der Waals surface area contributed by atoms with Crippen molar-refractivity contribution in [3.8, 4) is 0 Å². The van der Waals surface area contributed by atoms with E-state index in [1.54, 1.807) is 13.0 Å². The molecule has 0 amide bonds. The minimum Gasteiger partial charge on any atom is -0.399 e. The molecule has 1 atom stereocenters. The average Bonchev–Trinajstić information content (AvgIpc) is 3.05. The molecule has 0 radical (unpaired) electrons. The average molecular weight is 415 g/mol. The Labute approximate surface area is 172 Å². The number of hydrogen-bond acceptors (Lipinski definition) is 4. The predicted molar refractivity (Wildman–Crippen MR) is 113 cm³/mol. The van der Waals surface area contributed by atoms with Gasteiger partial charge in [-0.15, -0.1) is 0 Å². The van der Waals surface area contributed by atoms with Gasteiger partial charge in [0.25, 0.3) is 0 Å². The lowest BCUT2D eigenvalue weighted by atomic mass is 9.97. The quantitative estimate of drug-likeness (QED) is 0.537. The van der Waals surface area contributed by atoms with Gasteiger partial charge in [0.2, 0.25) is 0 Å². The van der Waals surface area contributed by atoms with E-state index in [1.165, 1.54) is 18.3 Å². The van der Waals surface area contributed by atoms with Crippen LogP contribution < -0.4 is 11.1 Å². The number of nitrogens with two attached hydrogens (primary N) is 1. The lowest BCUT2D eigenvalue weighted by Gasteiger charge is -2.18. The standard InChI is InChI=1S/C22H24F3N5/c1-13(15-8-16(22(23,24)25)10-17(26)9-15)29-20-18-11-19(14-6-4-3-5-7-14)30(2)21(18)28-12-27-20/h6,8-13H,3-5,7,26H2,1-2H3,(H,27,28,29)/t13-/m1/s1. The Bertz CT molecular complexity index is 1110. The van der Waals surface area contributed by atoms with Crippen molar-refractivity contribution in [1.29, 1.82) is 0 Å². The molecule has 0 bridgehead atoms. The van der Waals surface area contributed by atoms with Gasteiger partial charge in [-0.2, -0.15) is 13.2 Å². The molecule has 0 saturated carbocycles. The van der Waals surface area contributed by atoms with Gasteiger partial charge in [0.15, 0.2) is 0 Å². The third-order valence-corrected chi connectivity index (χ3v) is 5.60. The van der Waals surface area contributed by atoms with E-state index in [0.29, 0.717) is 11.4 Å².